The molecule has 0 aliphatic carbocycles. The van der Waals surface area contributed by atoms with E-state index >= 15 is 0 Å². The van der Waals surface area contributed by atoms with Gasteiger partial charge in [0.1, 0.15) is 0 Å². The fourth-order valence-corrected chi connectivity index (χ4v) is 3.97. The number of hydrogen-bond acceptors (Lipinski definition) is 4. The third kappa shape index (κ3) is 9.49. The Morgan fingerprint density at radius 3 is 2.33 bits per heavy atom. The molecule has 170 valence electrons. The number of benzene rings is 1. The van der Waals surface area contributed by atoms with Gasteiger partial charge in [-0.15, -0.1) is 24.0 Å². The molecule has 0 bridgehead atoms. The van der Waals surface area contributed by atoms with Crippen LogP contribution in [-0.2, 0) is 17.8 Å². The Labute approximate surface area is 199 Å². The molecule has 3 rings (SSSR count). The second-order valence-corrected chi connectivity index (χ2v) is 8.08. The third-order valence-corrected chi connectivity index (χ3v) is 5.69. The van der Waals surface area contributed by atoms with E-state index in [-0.39, 0.29) is 24.0 Å². The highest BCUT2D eigenvalue weighted by Crippen LogP contribution is 2.14. The maximum atomic E-state index is 5.41. The highest BCUT2D eigenvalue weighted by Gasteiger charge is 2.11. The molecule has 0 radical (unpaired) electrons. The van der Waals surface area contributed by atoms with E-state index in [1.807, 2.05) is 0 Å². The number of morpholine rings is 1. The Morgan fingerprint density at radius 1 is 0.933 bits per heavy atom. The van der Waals surface area contributed by atoms with Gasteiger partial charge in [-0.2, -0.15) is 0 Å². The number of nitrogens with one attached hydrogen (secondary N) is 2. The first-order valence-electron chi connectivity index (χ1n) is 11.5. The van der Waals surface area contributed by atoms with Gasteiger partial charge in [-0.1, -0.05) is 30.7 Å². The molecule has 1 aromatic rings. The van der Waals surface area contributed by atoms with Gasteiger partial charge in [0.2, 0.25) is 0 Å². The molecule has 2 aliphatic heterocycles. The highest BCUT2D eigenvalue weighted by atomic mass is 127. The molecular weight excluding hydrogens is 489 g/mol. The van der Waals surface area contributed by atoms with Crippen LogP contribution in [0.5, 0.6) is 0 Å². The molecule has 0 amide bonds. The topological polar surface area (TPSA) is 52.1 Å². The van der Waals surface area contributed by atoms with Crippen molar-refractivity contribution in [1.82, 2.24) is 20.4 Å². The van der Waals surface area contributed by atoms with Crippen molar-refractivity contribution >= 4 is 29.9 Å². The zero-order chi connectivity index (χ0) is 20.2. The van der Waals surface area contributed by atoms with Crippen molar-refractivity contribution in [2.45, 2.75) is 45.7 Å². The van der Waals surface area contributed by atoms with Crippen molar-refractivity contribution in [3.8, 4) is 0 Å². The van der Waals surface area contributed by atoms with Crippen LogP contribution in [0.3, 0.4) is 0 Å². The fourth-order valence-electron chi connectivity index (χ4n) is 3.97. The van der Waals surface area contributed by atoms with E-state index in [4.69, 9.17) is 9.73 Å². The van der Waals surface area contributed by atoms with Crippen LogP contribution in [0.2, 0.25) is 0 Å². The number of nitrogens with zero attached hydrogens (tertiary/aromatic N) is 3. The van der Waals surface area contributed by atoms with E-state index in [1.54, 1.807) is 0 Å². The minimum absolute atomic E-state index is 0. The number of aliphatic imine (C=N–C) groups is 1. The summed E-state index contributed by atoms with van der Waals surface area (Å²) in [5.74, 6) is 0.909. The number of rotatable bonds is 9. The molecule has 1 aromatic carbocycles. The number of likely N-dealkylation sites (tertiary alicyclic amines) is 1. The SMILES string of the molecule is CCNC(=NCc1ccc(CN2CCCCC2)cc1)NCCCN1CCOCC1.I. The summed E-state index contributed by atoms with van der Waals surface area (Å²) < 4.78 is 5.41. The summed E-state index contributed by atoms with van der Waals surface area (Å²) in [5, 5.41) is 6.83. The van der Waals surface area contributed by atoms with Gasteiger partial charge in [0, 0.05) is 32.7 Å². The van der Waals surface area contributed by atoms with E-state index in [2.05, 4.69) is 51.6 Å². The van der Waals surface area contributed by atoms with Gasteiger partial charge >= 0.3 is 0 Å². The summed E-state index contributed by atoms with van der Waals surface area (Å²) in [6, 6.07) is 8.99. The molecule has 30 heavy (non-hydrogen) atoms. The van der Waals surface area contributed by atoms with Crippen LogP contribution in [-0.4, -0.2) is 74.8 Å². The lowest BCUT2D eigenvalue weighted by molar-refractivity contribution is 0.0376. The van der Waals surface area contributed by atoms with E-state index in [0.717, 1.165) is 64.9 Å². The number of guanidine groups is 1. The Bertz CT molecular complexity index is 598. The second-order valence-electron chi connectivity index (χ2n) is 8.08. The largest absolute Gasteiger partial charge is 0.379 e. The Morgan fingerprint density at radius 2 is 1.63 bits per heavy atom. The highest BCUT2D eigenvalue weighted by molar-refractivity contribution is 14.0. The average molecular weight is 530 g/mol. The number of halogens is 1. The smallest absolute Gasteiger partial charge is 0.191 e. The molecule has 2 saturated heterocycles. The van der Waals surface area contributed by atoms with Crippen LogP contribution in [0.25, 0.3) is 0 Å². The fraction of sp³-hybridized carbons (Fsp3) is 0.696. The van der Waals surface area contributed by atoms with Crippen LogP contribution >= 0.6 is 24.0 Å². The van der Waals surface area contributed by atoms with Crippen molar-refractivity contribution in [3.05, 3.63) is 35.4 Å². The summed E-state index contributed by atoms with van der Waals surface area (Å²) in [6.07, 6.45) is 5.21. The number of hydrogen-bond donors (Lipinski definition) is 2. The van der Waals surface area contributed by atoms with Crippen molar-refractivity contribution < 1.29 is 4.74 Å². The Balaban J connectivity index is 0.00000320. The van der Waals surface area contributed by atoms with Crippen molar-refractivity contribution in [2.75, 3.05) is 59.0 Å². The number of ether oxygens (including phenoxy) is 1. The van der Waals surface area contributed by atoms with Crippen LogP contribution in [0.4, 0.5) is 0 Å². The molecule has 2 aliphatic rings. The number of piperidine rings is 1. The quantitative estimate of drug-likeness (QED) is 0.223. The molecule has 2 heterocycles. The molecule has 0 spiro atoms. The first-order chi connectivity index (χ1) is 14.3. The summed E-state index contributed by atoms with van der Waals surface area (Å²) in [6.45, 7) is 13.2. The molecule has 0 atom stereocenters. The first kappa shape index (κ1) is 25.4. The maximum Gasteiger partial charge on any atom is 0.191 e. The van der Waals surface area contributed by atoms with Crippen molar-refractivity contribution in [2.24, 2.45) is 4.99 Å². The van der Waals surface area contributed by atoms with Crippen LogP contribution in [0.1, 0.15) is 43.7 Å². The van der Waals surface area contributed by atoms with Crippen molar-refractivity contribution in [1.29, 1.82) is 0 Å². The van der Waals surface area contributed by atoms with Gasteiger partial charge < -0.3 is 15.4 Å². The summed E-state index contributed by atoms with van der Waals surface area (Å²) >= 11 is 0. The predicted octanol–water partition coefficient (Wildman–Crippen LogP) is 3.07. The van der Waals surface area contributed by atoms with E-state index in [9.17, 15) is 0 Å². The van der Waals surface area contributed by atoms with Gasteiger partial charge in [0.15, 0.2) is 5.96 Å². The zero-order valence-electron chi connectivity index (χ0n) is 18.6. The normalized spacial score (nSPS) is 18.6. The minimum Gasteiger partial charge on any atom is -0.379 e. The monoisotopic (exact) mass is 529 g/mol. The van der Waals surface area contributed by atoms with E-state index < -0.39 is 0 Å². The minimum atomic E-state index is 0. The molecule has 0 unspecified atom stereocenters. The van der Waals surface area contributed by atoms with Crippen LogP contribution in [0, 0.1) is 0 Å². The summed E-state index contributed by atoms with van der Waals surface area (Å²) in [4.78, 5) is 9.81. The maximum absolute atomic E-state index is 5.41. The lowest BCUT2D eigenvalue weighted by atomic mass is 10.1. The summed E-state index contributed by atoms with van der Waals surface area (Å²) in [5.41, 5.74) is 2.67. The molecule has 7 heteroatoms. The van der Waals surface area contributed by atoms with E-state index in [0.29, 0.717) is 6.54 Å². The molecule has 0 saturated carbocycles. The van der Waals surface area contributed by atoms with E-state index in [1.165, 1.54) is 43.5 Å². The molecule has 6 nitrogen and oxygen atoms in total. The molecule has 2 N–H and O–H groups in total. The molecule has 2 fully saturated rings. The van der Waals surface area contributed by atoms with Gasteiger partial charge in [-0.3, -0.25) is 9.80 Å². The Kier molecular flexibility index (Phi) is 12.7. The lowest BCUT2D eigenvalue weighted by Gasteiger charge is -2.26. The van der Waals surface area contributed by atoms with Crippen molar-refractivity contribution in [3.63, 3.8) is 0 Å². The lowest BCUT2D eigenvalue weighted by Crippen LogP contribution is -2.40. The van der Waals surface area contributed by atoms with Crippen LogP contribution in [0.15, 0.2) is 29.3 Å². The van der Waals surface area contributed by atoms with Gasteiger partial charge in [0.05, 0.1) is 19.8 Å². The average Bonchev–Trinajstić information content (AvgIpc) is 2.77. The summed E-state index contributed by atoms with van der Waals surface area (Å²) in [7, 11) is 0. The first-order valence-corrected chi connectivity index (χ1v) is 11.5. The third-order valence-electron chi connectivity index (χ3n) is 5.69. The molecular formula is C23H40IN5O. The second kappa shape index (κ2) is 15.0. The van der Waals surface area contributed by atoms with Gasteiger partial charge in [0.25, 0.3) is 0 Å². The predicted molar refractivity (Wildman–Crippen MR) is 136 cm³/mol. The van der Waals surface area contributed by atoms with Gasteiger partial charge in [-0.05, 0) is 56.9 Å². The standard InChI is InChI=1S/C23H39N5O.HI/c1-2-24-23(25-11-6-14-27-15-17-29-18-16-27)26-19-21-7-9-22(10-8-21)20-28-12-4-3-5-13-28;/h7-10H,2-6,11-20H2,1H3,(H2,24,25,26);1H. The molecule has 0 aromatic heterocycles. The Hall–Kier alpha value is -0.900. The van der Waals surface area contributed by atoms with Crippen LogP contribution < -0.4 is 10.6 Å². The van der Waals surface area contributed by atoms with Gasteiger partial charge in [-0.25, -0.2) is 4.99 Å². The zero-order valence-corrected chi connectivity index (χ0v) is 20.9.